The minimum Gasteiger partial charge on any atom is -0.395 e. The van der Waals surface area contributed by atoms with Gasteiger partial charge in [0, 0.05) is 25.2 Å². The lowest BCUT2D eigenvalue weighted by molar-refractivity contribution is 0.0974. The SMILES string of the molecule is CC(C)C(CO)NCCC(=O)c1ccc[nH]1. The lowest BCUT2D eigenvalue weighted by atomic mass is 10.1. The molecule has 0 fully saturated rings. The number of hydrogen-bond acceptors (Lipinski definition) is 3. The van der Waals surface area contributed by atoms with Crippen LogP contribution in [0.1, 0.15) is 30.8 Å². The van der Waals surface area contributed by atoms with Crippen molar-refractivity contribution in [3.05, 3.63) is 24.0 Å². The molecule has 1 unspecified atom stereocenters. The molecular weight excluding hydrogens is 204 g/mol. The van der Waals surface area contributed by atoms with Crippen LogP contribution in [0.5, 0.6) is 0 Å². The van der Waals surface area contributed by atoms with Crippen molar-refractivity contribution in [1.82, 2.24) is 10.3 Å². The van der Waals surface area contributed by atoms with Crippen molar-refractivity contribution in [3.63, 3.8) is 0 Å². The average molecular weight is 224 g/mol. The average Bonchev–Trinajstić information content (AvgIpc) is 2.76. The smallest absolute Gasteiger partial charge is 0.180 e. The van der Waals surface area contributed by atoms with Crippen LogP contribution in [-0.4, -0.2) is 35.1 Å². The first-order chi connectivity index (χ1) is 7.65. The Morgan fingerprint density at radius 3 is 2.81 bits per heavy atom. The van der Waals surface area contributed by atoms with Gasteiger partial charge in [-0.1, -0.05) is 13.8 Å². The summed E-state index contributed by atoms with van der Waals surface area (Å²) in [6.45, 7) is 4.79. The zero-order valence-corrected chi connectivity index (χ0v) is 9.86. The van der Waals surface area contributed by atoms with Gasteiger partial charge >= 0.3 is 0 Å². The second-order valence-electron chi connectivity index (χ2n) is 4.24. The predicted octanol–water partition coefficient (Wildman–Crippen LogP) is 1.19. The lowest BCUT2D eigenvalue weighted by Gasteiger charge is -2.19. The molecule has 0 bridgehead atoms. The molecule has 0 spiro atoms. The van der Waals surface area contributed by atoms with Crippen molar-refractivity contribution in [2.24, 2.45) is 5.92 Å². The molecule has 4 nitrogen and oxygen atoms in total. The van der Waals surface area contributed by atoms with E-state index >= 15 is 0 Å². The molecule has 16 heavy (non-hydrogen) atoms. The van der Waals surface area contributed by atoms with Crippen molar-refractivity contribution in [3.8, 4) is 0 Å². The Morgan fingerprint density at radius 2 is 2.31 bits per heavy atom. The molecule has 0 aliphatic rings. The summed E-state index contributed by atoms with van der Waals surface area (Å²) in [5, 5.41) is 12.3. The first-order valence-corrected chi connectivity index (χ1v) is 5.66. The molecule has 90 valence electrons. The van der Waals surface area contributed by atoms with Crippen LogP contribution in [0.15, 0.2) is 18.3 Å². The summed E-state index contributed by atoms with van der Waals surface area (Å²) in [6, 6.07) is 3.65. The van der Waals surface area contributed by atoms with Crippen LogP contribution in [0.3, 0.4) is 0 Å². The molecule has 1 heterocycles. The van der Waals surface area contributed by atoms with E-state index in [0.717, 1.165) is 0 Å². The van der Waals surface area contributed by atoms with Gasteiger partial charge in [-0.25, -0.2) is 0 Å². The molecular formula is C12H20N2O2. The summed E-state index contributed by atoms with van der Waals surface area (Å²) in [6.07, 6.45) is 2.19. The number of H-pyrrole nitrogens is 1. The second-order valence-corrected chi connectivity index (χ2v) is 4.24. The topological polar surface area (TPSA) is 65.1 Å². The maximum Gasteiger partial charge on any atom is 0.180 e. The minimum absolute atomic E-state index is 0.0661. The van der Waals surface area contributed by atoms with Crippen molar-refractivity contribution in [2.75, 3.05) is 13.2 Å². The van der Waals surface area contributed by atoms with Crippen molar-refractivity contribution in [2.45, 2.75) is 26.3 Å². The van der Waals surface area contributed by atoms with Crippen LogP contribution in [0.2, 0.25) is 0 Å². The Hall–Kier alpha value is -1.13. The normalized spacial score (nSPS) is 13.0. The number of nitrogens with one attached hydrogen (secondary N) is 2. The first kappa shape index (κ1) is 12.9. The highest BCUT2D eigenvalue weighted by atomic mass is 16.3. The van der Waals surface area contributed by atoms with Gasteiger partial charge in [-0.3, -0.25) is 4.79 Å². The third kappa shape index (κ3) is 3.79. The summed E-state index contributed by atoms with van der Waals surface area (Å²) in [7, 11) is 0. The number of hydrogen-bond donors (Lipinski definition) is 3. The van der Waals surface area contributed by atoms with E-state index in [2.05, 4.69) is 10.3 Å². The Morgan fingerprint density at radius 1 is 1.56 bits per heavy atom. The first-order valence-electron chi connectivity index (χ1n) is 5.66. The highest BCUT2D eigenvalue weighted by Gasteiger charge is 2.12. The van der Waals surface area contributed by atoms with Gasteiger partial charge in [0.2, 0.25) is 0 Å². The van der Waals surface area contributed by atoms with Crippen LogP contribution in [-0.2, 0) is 0 Å². The number of aromatic amines is 1. The van der Waals surface area contributed by atoms with Crippen molar-refractivity contribution >= 4 is 5.78 Å². The monoisotopic (exact) mass is 224 g/mol. The van der Waals surface area contributed by atoms with Crippen LogP contribution < -0.4 is 5.32 Å². The maximum atomic E-state index is 11.6. The number of rotatable bonds is 7. The van der Waals surface area contributed by atoms with E-state index in [9.17, 15) is 4.79 Å². The van der Waals surface area contributed by atoms with Crippen molar-refractivity contribution < 1.29 is 9.90 Å². The number of aromatic nitrogens is 1. The highest BCUT2D eigenvalue weighted by Crippen LogP contribution is 2.02. The number of aliphatic hydroxyl groups is 1. The number of Topliss-reactive ketones (excluding diaryl/α,β-unsaturated/α-hetero) is 1. The van der Waals surface area contributed by atoms with E-state index < -0.39 is 0 Å². The largest absolute Gasteiger partial charge is 0.395 e. The van der Waals surface area contributed by atoms with Gasteiger partial charge in [-0.15, -0.1) is 0 Å². The van der Waals surface area contributed by atoms with Gasteiger partial charge in [0.25, 0.3) is 0 Å². The summed E-state index contributed by atoms with van der Waals surface area (Å²) in [5.74, 6) is 0.462. The van der Waals surface area contributed by atoms with E-state index in [1.165, 1.54) is 0 Å². The Kier molecular flexibility index (Phi) is 5.22. The number of ketones is 1. The molecule has 0 amide bonds. The number of carbonyl (C=O) groups is 1. The molecule has 0 aliphatic carbocycles. The molecule has 3 N–H and O–H groups in total. The van der Waals surface area contributed by atoms with Crippen molar-refractivity contribution in [1.29, 1.82) is 0 Å². The maximum absolute atomic E-state index is 11.6. The van der Waals surface area contributed by atoms with E-state index in [1.807, 2.05) is 19.9 Å². The van der Waals surface area contributed by atoms with Gasteiger partial charge < -0.3 is 15.4 Å². The van der Waals surface area contributed by atoms with Gasteiger partial charge in [-0.2, -0.15) is 0 Å². The highest BCUT2D eigenvalue weighted by molar-refractivity contribution is 5.94. The van der Waals surface area contributed by atoms with Crippen LogP contribution >= 0.6 is 0 Å². The molecule has 0 aliphatic heterocycles. The fraction of sp³-hybridized carbons (Fsp3) is 0.583. The molecule has 0 saturated carbocycles. The molecule has 0 radical (unpaired) electrons. The van der Waals surface area contributed by atoms with Crippen LogP contribution in [0.25, 0.3) is 0 Å². The Balaban J connectivity index is 2.27. The van der Waals surface area contributed by atoms with E-state index in [0.29, 0.717) is 24.6 Å². The molecule has 0 saturated heterocycles. The molecule has 1 aromatic heterocycles. The molecule has 4 heteroatoms. The molecule has 0 aromatic carbocycles. The van der Waals surface area contributed by atoms with Gasteiger partial charge in [0.05, 0.1) is 12.3 Å². The number of aliphatic hydroxyl groups excluding tert-OH is 1. The molecule has 1 aromatic rings. The Labute approximate surface area is 96.1 Å². The lowest BCUT2D eigenvalue weighted by Crippen LogP contribution is -2.38. The molecule has 1 atom stereocenters. The summed E-state index contributed by atoms with van der Waals surface area (Å²) >= 11 is 0. The summed E-state index contributed by atoms with van der Waals surface area (Å²) in [5.41, 5.74) is 0.645. The third-order valence-electron chi connectivity index (χ3n) is 2.66. The van der Waals surface area contributed by atoms with Crippen LogP contribution in [0.4, 0.5) is 0 Å². The minimum atomic E-state index is 0.0661. The summed E-state index contributed by atoms with van der Waals surface area (Å²) < 4.78 is 0. The number of carbonyl (C=O) groups excluding carboxylic acids is 1. The van der Waals surface area contributed by atoms with E-state index in [4.69, 9.17) is 5.11 Å². The van der Waals surface area contributed by atoms with E-state index in [-0.39, 0.29) is 18.4 Å². The van der Waals surface area contributed by atoms with E-state index in [1.54, 1.807) is 12.3 Å². The molecule has 1 rings (SSSR count). The predicted molar refractivity (Wildman–Crippen MR) is 63.5 cm³/mol. The summed E-state index contributed by atoms with van der Waals surface area (Å²) in [4.78, 5) is 14.5. The van der Waals surface area contributed by atoms with Gasteiger partial charge in [0.15, 0.2) is 5.78 Å². The van der Waals surface area contributed by atoms with Gasteiger partial charge in [-0.05, 0) is 18.1 Å². The fourth-order valence-electron chi connectivity index (χ4n) is 1.52. The zero-order valence-electron chi connectivity index (χ0n) is 9.86. The van der Waals surface area contributed by atoms with Crippen LogP contribution in [0, 0.1) is 5.92 Å². The van der Waals surface area contributed by atoms with Gasteiger partial charge in [0.1, 0.15) is 0 Å². The standard InChI is InChI=1S/C12H20N2O2/c1-9(2)11(8-15)14-7-5-12(16)10-4-3-6-13-10/h3-4,6,9,11,13-15H,5,7-8H2,1-2H3. The quantitative estimate of drug-likeness (QED) is 0.610. The fourth-order valence-corrected chi connectivity index (χ4v) is 1.52. The second kappa shape index (κ2) is 6.45. The Bertz CT molecular complexity index is 307. The zero-order chi connectivity index (χ0) is 12.0. The third-order valence-corrected chi connectivity index (χ3v) is 2.66.